The Labute approximate surface area is 262 Å². The summed E-state index contributed by atoms with van der Waals surface area (Å²) >= 11 is 6.91. The van der Waals surface area contributed by atoms with E-state index < -0.39 is 0 Å². The first kappa shape index (κ1) is 30.6. The van der Waals surface area contributed by atoms with Gasteiger partial charge in [-0.3, -0.25) is 19.1 Å². The van der Waals surface area contributed by atoms with Crippen molar-refractivity contribution in [3.63, 3.8) is 0 Å². The van der Waals surface area contributed by atoms with E-state index in [-0.39, 0.29) is 17.0 Å². The summed E-state index contributed by atoms with van der Waals surface area (Å²) in [4.78, 5) is 31.4. The second-order valence-corrected chi connectivity index (χ2v) is 12.6. The number of methoxy groups -OCH3 is 1. The molecule has 0 bridgehead atoms. The number of piperidine rings is 1. The molecule has 5 rings (SSSR count). The van der Waals surface area contributed by atoms with E-state index in [1.54, 1.807) is 16.6 Å². The van der Waals surface area contributed by atoms with Crippen molar-refractivity contribution in [2.24, 2.45) is 5.92 Å². The quantitative estimate of drug-likeness (QED) is 0.218. The normalized spacial score (nSPS) is 16.7. The van der Waals surface area contributed by atoms with Gasteiger partial charge in [-0.1, -0.05) is 66.4 Å². The first-order valence-electron chi connectivity index (χ1n) is 14.7. The van der Waals surface area contributed by atoms with Crippen LogP contribution in [0.25, 0.3) is 6.08 Å². The topological polar surface area (TPSA) is 78.6 Å². The van der Waals surface area contributed by atoms with E-state index in [4.69, 9.17) is 17.0 Å². The first-order valence-corrected chi connectivity index (χ1v) is 15.9. The maximum absolute atomic E-state index is 13.6. The summed E-state index contributed by atoms with van der Waals surface area (Å²) in [5.41, 5.74) is 3.60. The number of carbonyl (C=O) groups is 1. The molecule has 0 spiro atoms. The molecule has 0 saturated carbocycles. The minimum atomic E-state index is -0.284. The van der Waals surface area contributed by atoms with Gasteiger partial charge in [0.05, 0.1) is 12.0 Å². The minimum Gasteiger partial charge on any atom is -0.497 e. The van der Waals surface area contributed by atoms with Crippen molar-refractivity contribution in [3.8, 4) is 11.8 Å². The molecule has 0 N–H and O–H groups in total. The third kappa shape index (κ3) is 6.56. The van der Waals surface area contributed by atoms with Gasteiger partial charge in [-0.25, -0.2) is 0 Å². The Morgan fingerprint density at radius 3 is 2.40 bits per heavy atom. The molecule has 7 nitrogen and oxygen atoms in total. The van der Waals surface area contributed by atoms with Crippen molar-refractivity contribution in [1.82, 2.24) is 9.47 Å². The van der Waals surface area contributed by atoms with Crippen molar-refractivity contribution in [1.29, 1.82) is 5.26 Å². The third-order valence-corrected chi connectivity index (χ3v) is 9.75. The number of thioether (sulfide) groups is 1. The Morgan fingerprint density at radius 2 is 1.77 bits per heavy atom. The Bertz CT molecular complexity index is 1630. The minimum absolute atomic E-state index is 0.116. The standard InChI is InChI=1S/C34H36N4O3S2/c1-4-37-31(36-17-14-26(15-18-36)20-25-8-6-5-7-9-25)28(23(2)29(22-35)32(37)39)21-30-33(40)38(34(42)43-30)19-16-24-10-12-27(41-3)13-11-24/h5-13,21,26H,4,14-20H2,1-3H3/b30-21-. The van der Waals surface area contributed by atoms with Crippen molar-refractivity contribution in [2.45, 2.75) is 46.1 Å². The summed E-state index contributed by atoms with van der Waals surface area (Å²) < 4.78 is 7.45. The van der Waals surface area contributed by atoms with Crippen molar-refractivity contribution in [2.75, 3.05) is 31.6 Å². The Kier molecular flexibility index (Phi) is 9.69. The molecule has 0 aliphatic carbocycles. The lowest BCUT2D eigenvalue weighted by molar-refractivity contribution is -0.122. The molecule has 2 fully saturated rings. The Morgan fingerprint density at radius 1 is 1.07 bits per heavy atom. The average Bonchev–Trinajstić information content (AvgIpc) is 3.29. The van der Waals surface area contributed by atoms with Crippen LogP contribution in [0, 0.1) is 24.2 Å². The lowest BCUT2D eigenvalue weighted by atomic mass is 9.90. The third-order valence-electron chi connectivity index (χ3n) is 8.38. The summed E-state index contributed by atoms with van der Waals surface area (Å²) in [7, 11) is 1.63. The molecule has 0 unspecified atom stereocenters. The van der Waals surface area contributed by atoms with Crippen molar-refractivity contribution >= 4 is 46.1 Å². The summed E-state index contributed by atoms with van der Waals surface area (Å²) in [6.07, 6.45) is 5.54. The van der Waals surface area contributed by atoms with Gasteiger partial charge in [-0.2, -0.15) is 5.26 Å². The molecule has 222 valence electrons. The molecular formula is C34H36N4O3S2. The highest BCUT2D eigenvalue weighted by molar-refractivity contribution is 8.26. The summed E-state index contributed by atoms with van der Waals surface area (Å²) in [6, 6.07) is 20.5. The highest BCUT2D eigenvalue weighted by Crippen LogP contribution is 2.37. The highest BCUT2D eigenvalue weighted by atomic mass is 32.2. The van der Waals surface area contributed by atoms with Gasteiger partial charge >= 0.3 is 0 Å². The first-order chi connectivity index (χ1) is 20.8. The summed E-state index contributed by atoms with van der Waals surface area (Å²) in [6.45, 7) is 6.22. The number of nitriles is 1. The number of hydrogen-bond donors (Lipinski definition) is 0. The maximum atomic E-state index is 13.6. The number of pyridine rings is 1. The molecule has 0 radical (unpaired) electrons. The van der Waals surface area contributed by atoms with E-state index in [9.17, 15) is 14.9 Å². The zero-order valence-electron chi connectivity index (χ0n) is 24.8. The van der Waals surface area contributed by atoms with Gasteiger partial charge in [-0.15, -0.1) is 0 Å². The van der Waals surface area contributed by atoms with Crippen LogP contribution >= 0.6 is 24.0 Å². The monoisotopic (exact) mass is 612 g/mol. The molecule has 0 atom stereocenters. The lowest BCUT2D eigenvalue weighted by Gasteiger charge is -2.36. The number of ether oxygens (including phenoxy) is 1. The molecule has 1 aromatic heterocycles. The van der Waals surface area contributed by atoms with Crippen LogP contribution in [0.4, 0.5) is 5.82 Å². The number of rotatable bonds is 9. The van der Waals surface area contributed by atoms with Gasteiger partial charge in [0.15, 0.2) is 0 Å². The predicted octanol–water partition coefficient (Wildman–Crippen LogP) is 5.96. The molecule has 3 heterocycles. The molecule has 2 saturated heterocycles. The van der Waals surface area contributed by atoms with E-state index in [1.165, 1.54) is 17.3 Å². The van der Waals surface area contributed by atoms with Gasteiger partial charge in [0.25, 0.3) is 11.5 Å². The van der Waals surface area contributed by atoms with E-state index in [0.717, 1.165) is 55.0 Å². The highest BCUT2D eigenvalue weighted by Gasteiger charge is 2.33. The van der Waals surface area contributed by atoms with Gasteiger partial charge in [-0.05, 0) is 80.3 Å². The van der Waals surface area contributed by atoms with Crippen LogP contribution in [0.1, 0.15) is 47.6 Å². The fourth-order valence-electron chi connectivity index (χ4n) is 5.93. The van der Waals surface area contributed by atoms with Gasteiger partial charge in [0.2, 0.25) is 0 Å². The van der Waals surface area contributed by atoms with Crippen molar-refractivity contribution < 1.29 is 9.53 Å². The van der Waals surface area contributed by atoms with Crippen LogP contribution in [-0.4, -0.2) is 46.4 Å². The van der Waals surface area contributed by atoms with Gasteiger partial charge < -0.3 is 9.64 Å². The zero-order chi connectivity index (χ0) is 30.5. The van der Waals surface area contributed by atoms with Crippen molar-refractivity contribution in [3.05, 3.63) is 97.7 Å². The van der Waals surface area contributed by atoms with Crippen LogP contribution in [0.15, 0.2) is 64.3 Å². The summed E-state index contributed by atoms with van der Waals surface area (Å²) in [5.74, 6) is 1.98. The van der Waals surface area contributed by atoms with Crippen LogP contribution in [-0.2, 0) is 24.2 Å². The average molecular weight is 613 g/mol. The van der Waals surface area contributed by atoms with Crippen LogP contribution in [0.2, 0.25) is 0 Å². The number of aromatic nitrogens is 1. The second kappa shape index (κ2) is 13.6. The zero-order valence-corrected chi connectivity index (χ0v) is 26.5. The van der Waals surface area contributed by atoms with Crippen LogP contribution < -0.4 is 15.2 Å². The fourth-order valence-corrected chi connectivity index (χ4v) is 7.22. The number of nitrogens with zero attached hydrogens (tertiary/aromatic N) is 4. The molecule has 9 heteroatoms. The summed E-state index contributed by atoms with van der Waals surface area (Å²) in [5, 5.41) is 9.92. The van der Waals surface area contributed by atoms with E-state index in [1.807, 2.05) is 50.3 Å². The van der Waals surface area contributed by atoms with Crippen LogP contribution in [0.3, 0.4) is 0 Å². The number of thiocarbonyl (C=S) groups is 1. The maximum Gasteiger partial charge on any atom is 0.270 e. The molecule has 1 amide bonds. The molecule has 2 aliphatic rings. The Balaban J connectivity index is 1.42. The SMILES string of the molecule is CCn1c(N2CCC(Cc3ccccc3)CC2)c(/C=C2\SC(=S)N(CCc3ccc(OC)cc3)C2=O)c(C)c(C#N)c1=O. The number of hydrogen-bond acceptors (Lipinski definition) is 7. The molecule has 3 aromatic rings. The molecule has 2 aliphatic heterocycles. The smallest absolute Gasteiger partial charge is 0.270 e. The largest absolute Gasteiger partial charge is 0.497 e. The Hall–Kier alpha value is -3.87. The van der Waals surface area contributed by atoms with Gasteiger partial charge in [0.1, 0.15) is 27.5 Å². The number of anilines is 1. The van der Waals surface area contributed by atoms with Crippen LogP contribution in [0.5, 0.6) is 5.75 Å². The molecular weight excluding hydrogens is 577 g/mol. The molecule has 2 aromatic carbocycles. The number of carbonyl (C=O) groups excluding carboxylic acids is 1. The predicted molar refractivity (Wildman–Crippen MR) is 177 cm³/mol. The number of benzene rings is 2. The lowest BCUT2D eigenvalue weighted by Crippen LogP contribution is -2.39. The fraction of sp³-hybridized carbons (Fsp3) is 0.353. The van der Waals surface area contributed by atoms with E-state index in [2.05, 4.69) is 35.2 Å². The van der Waals surface area contributed by atoms with E-state index >= 15 is 0 Å². The molecule has 43 heavy (non-hydrogen) atoms. The van der Waals surface area contributed by atoms with E-state index in [0.29, 0.717) is 40.2 Å². The number of amides is 1. The van der Waals surface area contributed by atoms with Gasteiger partial charge in [0, 0.05) is 31.7 Å². The second-order valence-electron chi connectivity index (χ2n) is 11.0.